The Labute approximate surface area is 71.6 Å². The van der Waals surface area contributed by atoms with Gasteiger partial charge >= 0.3 is 0 Å². The maximum Gasteiger partial charge on any atom is 0.0115 e. The van der Waals surface area contributed by atoms with E-state index in [2.05, 4.69) is 40.1 Å². The van der Waals surface area contributed by atoms with Crippen LogP contribution in [0.2, 0.25) is 0 Å². The first-order valence-corrected chi connectivity index (χ1v) is 4.84. The Morgan fingerprint density at radius 3 is 1.55 bits per heavy atom. The van der Waals surface area contributed by atoms with Crippen molar-refractivity contribution in [3.8, 4) is 0 Å². The Kier molecular flexibility index (Phi) is 5.57. The molecule has 0 fully saturated rings. The van der Waals surface area contributed by atoms with Gasteiger partial charge in [0, 0.05) is 6.04 Å². The Morgan fingerprint density at radius 1 is 1.00 bits per heavy atom. The molecule has 0 aliphatic heterocycles. The quantitative estimate of drug-likeness (QED) is 0.647. The molecule has 11 heavy (non-hydrogen) atoms. The van der Waals surface area contributed by atoms with Crippen LogP contribution in [-0.2, 0) is 0 Å². The lowest BCUT2D eigenvalue weighted by Gasteiger charge is -2.27. The van der Waals surface area contributed by atoms with E-state index in [-0.39, 0.29) is 0 Å². The molecule has 0 saturated carbocycles. The van der Waals surface area contributed by atoms with E-state index < -0.39 is 0 Å². The van der Waals surface area contributed by atoms with E-state index in [1.807, 2.05) is 0 Å². The summed E-state index contributed by atoms with van der Waals surface area (Å²) in [5, 5.41) is 3.40. The van der Waals surface area contributed by atoms with Crippen molar-refractivity contribution in [2.75, 3.05) is 7.05 Å². The normalized spacial score (nSPS) is 19.4. The minimum absolute atomic E-state index is 0.699. The summed E-state index contributed by atoms with van der Waals surface area (Å²) < 4.78 is 0. The van der Waals surface area contributed by atoms with Crippen molar-refractivity contribution in [2.24, 2.45) is 11.8 Å². The van der Waals surface area contributed by atoms with E-state index in [0.29, 0.717) is 6.04 Å². The van der Waals surface area contributed by atoms with Gasteiger partial charge in [-0.05, 0) is 18.9 Å². The minimum atomic E-state index is 0.699. The zero-order chi connectivity index (χ0) is 8.85. The first-order valence-electron chi connectivity index (χ1n) is 4.84. The smallest absolute Gasteiger partial charge is 0.0115 e. The van der Waals surface area contributed by atoms with Crippen LogP contribution in [0.4, 0.5) is 0 Å². The fraction of sp³-hybridized carbons (Fsp3) is 1.00. The van der Waals surface area contributed by atoms with E-state index >= 15 is 0 Å². The summed E-state index contributed by atoms with van der Waals surface area (Å²) in [6.45, 7) is 9.18. The van der Waals surface area contributed by atoms with Gasteiger partial charge in [0.05, 0.1) is 0 Å². The first kappa shape index (κ1) is 11.0. The maximum atomic E-state index is 3.40. The molecule has 0 aliphatic carbocycles. The van der Waals surface area contributed by atoms with Crippen LogP contribution >= 0.6 is 0 Å². The van der Waals surface area contributed by atoms with Gasteiger partial charge in [-0.2, -0.15) is 0 Å². The molecule has 1 heteroatoms. The Balaban J connectivity index is 3.92. The van der Waals surface area contributed by atoms with Crippen molar-refractivity contribution in [3.63, 3.8) is 0 Å². The molecule has 1 N–H and O–H groups in total. The highest BCUT2D eigenvalue weighted by atomic mass is 14.9. The van der Waals surface area contributed by atoms with Crippen LogP contribution in [0.3, 0.4) is 0 Å². The first-order chi connectivity index (χ1) is 5.17. The molecule has 0 aliphatic rings. The summed E-state index contributed by atoms with van der Waals surface area (Å²) in [5.74, 6) is 1.60. The van der Waals surface area contributed by atoms with Gasteiger partial charge in [0.2, 0.25) is 0 Å². The molecule has 0 bridgehead atoms. The summed E-state index contributed by atoms with van der Waals surface area (Å²) >= 11 is 0. The number of hydrogen-bond donors (Lipinski definition) is 1. The van der Waals surface area contributed by atoms with Crippen molar-refractivity contribution in [3.05, 3.63) is 0 Å². The van der Waals surface area contributed by atoms with Gasteiger partial charge < -0.3 is 5.32 Å². The molecular weight excluding hydrogens is 134 g/mol. The molecule has 2 atom stereocenters. The molecule has 1 nitrogen and oxygen atoms in total. The van der Waals surface area contributed by atoms with Crippen molar-refractivity contribution in [1.29, 1.82) is 0 Å². The maximum absolute atomic E-state index is 3.40. The summed E-state index contributed by atoms with van der Waals surface area (Å²) in [6.07, 6.45) is 2.55. The topological polar surface area (TPSA) is 12.0 Å². The van der Waals surface area contributed by atoms with Crippen LogP contribution in [0.5, 0.6) is 0 Å². The summed E-state index contributed by atoms with van der Waals surface area (Å²) in [6, 6.07) is 0.699. The molecule has 68 valence electrons. The second-order valence-corrected chi connectivity index (χ2v) is 3.59. The monoisotopic (exact) mass is 157 g/mol. The largest absolute Gasteiger partial charge is 0.316 e. The third kappa shape index (κ3) is 3.24. The molecule has 0 rings (SSSR count). The fourth-order valence-electron chi connectivity index (χ4n) is 1.64. The Morgan fingerprint density at radius 2 is 1.36 bits per heavy atom. The summed E-state index contributed by atoms with van der Waals surface area (Å²) in [7, 11) is 2.07. The lowest BCUT2D eigenvalue weighted by molar-refractivity contribution is 0.287. The lowest BCUT2D eigenvalue weighted by Crippen LogP contribution is -2.37. The van der Waals surface area contributed by atoms with Crippen LogP contribution in [0.15, 0.2) is 0 Å². The van der Waals surface area contributed by atoms with Gasteiger partial charge in [0.15, 0.2) is 0 Å². The second kappa shape index (κ2) is 5.59. The summed E-state index contributed by atoms with van der Waals surface area (Å²) in [4.78, 5) is 0. The average Bonchev–Trinajstić information content (AvgIpc) is 2.05. The highest BCUT2D eigenvalue weighted by molar-refractivity contribution is 4.75. The van der Waals surface area contributed by atoms with Crippen LogP contribution in [-0.4, -0.2) is 13.1 Å². The number of rotatable bonds is 5. The molecule has 0 aromatic carbocycles. The van der Waals surface area contributed by atoms with E-state index in [4.69, 9.17) is 0 Å². The van der Waals surface area contributed by atoms with Crippen molar-refractivity contribution in [2.45, 2.75) is 46.6 Å². The van der Waals surface area contributed by atoms with E-state index in [1.54, 1.807) is 0 Å². The van der Waals surface area contributed by atoms with Gasteiger partial charge in [0.1, 0.15) is 0 Å². The molecule has 2 unspecified atom stereocenters. The van der Waals surface area contributed by atoms with Crippen LogP contribution in [0.1, 0.15) is 40.5 Å². The molecule has 0 aromatic rings. The minimum Gasteiger partial charge on any atom is -0.316 e. The molecular formula is C10H23N. The van der Waals surface area contributed by atoms with Crippen LogP contribution in [0.25, 0.3) is 0 Å². The van der Waals surface area contributed by atoms with E-state index in [0.717, 1.165) is 11.8 Å². The second-order valence-electron chi connectivity index (χ2n) is 3.59. The highest BCUT2D eigenvalue weighted by Gasteiger charge is 2.18. The zero-order valence-electron chi connectivity index (χ0n) is 8.65. The predicted octanol–water partition coefficient (Wildman–Crippen LogP) is 2.67. The molecule has 0 spiro atoms. The number of nitrogens with one attached hydrogen (secondary N) is 1. The van der Waals surface area contributed by atoms with Crippen molar-refractivity contribution < 1.29 is 0 Å². The van der Waals surface area contributed by atoms with Crippen molar-refractivity contribution >= 4 is 0 Å². The fourth-order valence-corrected chi connectivity index (χ4v) is 1.64. The van der Waals surface area contributed by atoms with Gasteiger partial charge in [-0.3, -0.25) is 0 Å². The lowest BCUT2D eigenvalue weighted by atomic mass is 9.87. The summed E-state index contributed by atoms with van der Waals surface area (Å²) in [5.41, 5.74) is 0. The Hall–Kier alpha value is -0.0400. The molecule has 0 saturated heterocycles. The Bertz CT molecular complexity index is 80.9. The molecule has 0 radical (unpaired) electrons. The molecule has 0 amide bonds. The van der Waals surface area contributed by atoms with Gasteiger partial charge in [-0.15, -0.1) is 0 Å². The van der Waals surface area contributed by atoms with Crippen molar-refractivity contribution in [1.82, 2.24) is 5.32 Å². The standard InChI is InChI=1S/C10H23N/c1-6-8(3)10(11-5)9(4)7-2/h8-11H,6-7H2,1-5H3. The zero-order valence-corrected chi connectivity index (χ0v) is 8.65. The average molecular weight is 157 g/mol. The third-order valence-corrected chi connectivity index (χ3v) is 2.85. The third-order valence-electron chi connectivity index (χ3n) is 2.85. The predicted molar refractivity (Wildman–Crippen MR) is 51.8 cm³/mol. The molecule has 0 aromatic heterocycles. The number of hydrogen-bond acceptors (Lipinski definition) is 1. The van der Waals surface area contributed by atoms with Gasteiger partial charge in [0.25, 0.3) is 0 Å². The van der Waals surface area contributed by atoms with Crippen LogP contribution in [0, 0.1) is 11.8 Å². The SMILES string of the molecule is CCC(C)C(NC)C(C)CC. The van der Waals surface area contributed by atoms with Crippen LogP contribution < -0.4 is 5.32 Å². The highest BCUT2D eigenvalue weighted by Crippen LogP contribution is 2.17. The van der Waals surface area contributed by atoms with E-state index in [1.165, 1.54) is 12.8 Å². The van der Waals surface area contributed by atoms with Gasteiger partial charge in [-0.1, -0.05) is 40.5 Å². The van der Waals surface area contributed by atoms with E-state index in [9.17, 15) is 0 Å². The molecule has 0 heterocycles. The van der Waals surface area contributed by atoms with Gasteiger partial charge in [-0.25, -0.2) is 0 Å².